The number of fused-ring (bicyclic) bond motifs is 1. The molecular weight excluding hydrogens is 296 g/mol. The number of hydrogen-bond acceptors (Lipinski definition) is 8. The van der Waals surface area contributed by atoms with Crippen LogP contribution < -0.4 is 19.8 Å². The average Bonchev–Trinajstić information content (AvgIpc) is 2.63. The van der Waals surface area contributed by atoms with Crippen LogP contribution in [0.3, 0.4) is 0 Å². The van der Waals surface area contributed by atoms with E-state index in [1.807, 2.05) is 6.07 Å². The normalized spacial score (nSPS) is 20.5. The van der Waals surface area contributed by atoms with Gasteiger partial charge in [0, 0.05) is 44.1 Å². The van der Waals surface area contributed by atoms with Gasteiger partial charge in [0.1, 0.15) is 19.9 Å². The van der Waals surface area contributed by atoms with Gasteiger partial charge in [-0.2, -0.15) is 5.12 Å². The summed E-state index contributed by atoms with van der Waals surface area (Å²) in [6.07, 6.45) is 3.41. The Morgan fingerprint density at radius 3 is 2.65 bits per heavy atom. The molecule has 3 aliphatic heterocycles. The minimum atomic E-state index is 0.621. The van der Waals surface area contributed by atoms with Crippen LogP contribution in [0.4, 0.5) is 5.69 Å². The summed E-state index contributed by atoms with van der Waals surface area (Å²) in [5.41, 5.74) is 4.24. The lowest BCUT2D eigenvalue weighted by Crippen LogP contribution is -2.51. The van der Waals surface area contributed by atoms with Gasteiger partial charge in [-0.25, -0.2) is 0 Å². The van der Waals surface area contributed by atoms with E-state index in [-0.39, 0.29) is 0 Å². The molecule has 1 N–H and O–H groups in total. The first-order valence-electron chi connectivity index (χ1n) is 7.85. The highest BCUT2D eigenvalue weighted by Crippen LogP contribution is 2.34. The van der Waals surface area contributed by atoms with Gasteiger partial charge in [0.25, 0.3) is 0 Å². The lowest BCUT2D eigenvalue weighted by atomic mass is 10.2. The Balaban J connectivity index is 1.34. The molecule has 0 radical (unpaired) electrons. The first kappa shape index (κ1) is 14.1. The summed E-state index contributed by atoms with van der Waals surface area (Å²) in [5, 5.41) is 9.63. The number of piperazine rings is 1. The van der Waals surface area contributed by atoms with Crippen LogP contribution in [-0.2, 0) is 0 Å². The number of anilines is 1. The molecule has 1 saturated heterocycles. The molecule has 122 valence electrons. The second kappa shape index (κ2) is 6.33. The molecule has 4 rings (SSSR count). The Labute approximate surface area is 134 Å². The topological polar surface area (TPSA) is 64.9 Å². The Morgan fingerprint density at radius 2 is 1.87 bits per heavy atom. The summed E-state index contributed by atoms with van der Waals surface area (Å²) in [5.74, 6) is 1.69. The smallest absolute Gasteiger partial charge is 0.163 e. The molecule has 0 unspecified atom stereocenters. The lowest BCUT2D eigenvalue weighted by molar-refractivity contribution is 0.0890. The third-order valence-corrected chi connectivity index (χ3v) is 4.12. The molecular formula is C15H20N6O2. The molecule has 1 aromatic rings. The van der Waals surface area contributed by atoms with E-state index in [0.29, 0.717) is 13.2 Å². The van der Waals surface area contributed by atoms with Gasteiger partial charge in [0.2, 0.25) is 0 Å². The molecule has 8 heteroatoms. The summed E-state index contributed by atoms with van der Waals surface area (Å²) in [4.78, 5) is 4.72. The van der Waals surface area contributed by atoms with Gasteiger partial charge in [0.05, 0.1) is 6.20 Å². The molecule has 0 spiro atoms. The Hall–Kier alpha value is -2.48. The van der Waals surface area contributed by atoms with Crippen LogP contribution in [0.25, 0.3) is 0 Å². The first-order valence-corrected chi connectivity index (χ1v) is 7.85. The van der Waals surface area contributed by atoms with Crippen LogP contribution in [0.5, 0.6) is 11.5 Å². The van der Waals surface area contributed by atoms with Crippen molar-refractivity contribution >= 4 is 5.69 Å². The van der Waals surface area contributed by atoms with Crippen LogP contribution in [-0.4, -0.2) is 56.1 Å². The summed E-state index contributed by atoms with van der Waals surface area (Å²) < 4.78 is 11.2. The molecule has 0 atom stereocenters. The minimum Gasteiger partial charge on any atom is -0.486 e. The monoisotopic (exact) mass is 316 g/mol. The maximum Gasteiger partial charge on any atom is 0.163 e. The molecule has 0 aliphatic carbocycles. The molecule has 1 aromatic carbocycles. The van der Waals surface area contributed by atoms with Crippen LogP contribution in [0.2, 0.25) is 0 Å². The third kappa shape index (κ3) is 3.16. The zero-order valence-electron chi connectivity index (χ0n) is 12.9. The number of ether oxygens (including phenoxy) is 2. The summed E-state index contributed by atoms with van der Waals surface area (Å²) >= 11 is 0. The predicted octanol–water partition coefficient (Wildman–Crippen LogP) is 1.20. The van der Waals surface area contributed by atoms with Crippen molar-refractivity contribution in [2.45, 2.75) is 0 Å². The van der Waals surface area contributed by atoms with Crippen molar-refractivity contribution in [1.29, 1.82) is 0 Å². The maximum atomic E-state index is 5.67. The van der Waals surface area contributed by atoms with E-state index < -0.39 is 0 Å². The van der Waals surface area contributed by atoms with Gasteiger partial charge in [-0.1, -0.05) is 0 Å². The van der Waals surface area contributed by atoms with Gasteiger partial charge in [-0.05, 0) is 17.4 Å². The number of rotatable bonds is 3. The van der Waals surface area contributed by atoms with Gasteiger partial charge < -0.3 is 14.4 Å². The van der Waals surface area contributed by atoms with Crippen LogP contribution in [0.1, 0.15) is 0 Å². The number of hydrazine groups is 1. The molecule has 0 aromatic heterocycles. The van der Waals surface area contributed by atoms with Crippen LogP contribution in [0.15, 0.2) is 40.9 Å². The van der Waals surface area contributed by atoms with Crippen LogP contribution >= 0.6 is 0 Å². The Kier molecular flexibility index (Phi) is 3.89. The van der Waals surface area contributed by atoms with E-state index in [4.69, 9.17) is 9.47 Å². The summed E-state index contributed by atoms with van der Waals surface area (Å²) in [6, 6.07) is 6.18. The van der Waals surface area contributed by atoms with E-state index in [2.05, 4.69) is 37.7 Å². The van der Waals surface area contributed by atoms with Gasteiger partial charge in [0.15, 0.2) is 11.5 Å². The fourth-order valence-electron chi connectivity index (χ4n) is 2.91. The van der Waals surface area contributed by atoms with E-state index in [9.17, 15) is 0 Å². The van der Waals surface area contributed by atoms with E-state index in [0.717, 1.165) is 44.3 Å². The Bertz CT molecular complexity index is 612. The van der Waals surface area contributed by atoms with Gasteiger partial charge in [-0.3, -0.25) is 10.3 Å². The van der Waals surface area contributed by atoms with E-state index in [1.54, 1.807) is 17.5 Å². The number of hydrogen-bond donors (Lipinski definition) is 1. The fraction of sp³-hybridized carbons (Fsp3) is 0.467. The number of nitrogens with one attached hydrogen (secondary N) is 1. The third-order valence-electron chi connectivity index (χ3n) is 4.12. The molecule has 23 heavy (non-hydrogen) atoms. The highest BCUT2D eigenvalue weighted by atomic mass is 16.6. The highest BCUT2D eigenvalue weighted by molar-refractivity contribution is 5.57. The Morgan fingerprint density at radius 1 is 1.04 bits per heavy atom. The molecule has 8 nitrogen and oxygen atoms in total. The van der Waals surface area contributed by atoms with Crippen molar-refractivity contribution in [1.82, 2.24) is 15.4 Å². The van der Waals surface area contributed by atoms with E-state index >= 15 is 0 Å². The van der Waals surface area contributed by atoms with Crippen molar-refractivity contribution in [3.8, 4) is 11.5 Å². The molecule has 0 bridgehead atoms. The second-order valence-corrected chi connectivity index (χ2v) is 5.62. The largest absolute Gasteiger partial charge is 0.486 e. The standard InChI is InChI=1S/C15H20N6O2/c1-2-14-15(23-10-9-22-14)11-13(1)20-7-5-19(6-8-20)12-21-17-4-3-16-18-21/h1-4,11,17H,5-10,12H2. The van der Waals surface area contributed by atoms with E-state index in [1.165, 1.54) is 5.69 Å². The molecule has 1 fully saturated rings. The van der Waals surface area contributed by atoms with Gasteiger partial charge in [-0.15, -0.1) is 5.11 Å². The second-order valence-electron chi connectivity index (χ2n) is 5.62. The van der Waals surface area contributed by atoms with Crippen molar-refractivity contribution in [2.75, 3.05) is 51.0 Å². The fourth-order valence-corrected chi connectivity index (χ4v) is 2.91. The summed E-state index contributed by atoms with van der Waals surface area (Å²) in [6.45, 7) is 5.87. The quantitative estimate of drug-likeness (QED) is 0.904. The molecule has 3 aliphatic rings. The van der Waals surface area contributed by atoms with Crippen molar-refractivity contribution in [3.63, 3.8) is 0 Å². The highest BCUT2D eigenvalue weighted by Gasteiger charge is 2.21. The maximum absolute atomic E-state index is 5.67. The molecule has 3 heterocycles. The summed E-state index contributed by atoms with van der Waals surface area (Å²) in [7, 11) is 0. The zero-order chi connectivity index (χ0) is 15.5. The minimum absolute atomic E-state index is 0.621. The van der Waals surface area contributed by atoms with Crippen molar-refractivity contribution in [3.05, 3.63) is 30.6 Å². The lowest BCUT2D eigenvalue weighted by Gasteiger charge is -2.37. The SMILES string of the molecule is C1=CNN(CN2CCN(c3ccc4c(c3)OCCO4)CC2)N=N1. The predicted molar refractivity (Wildman–Crippen MR) is 85.1 cm³/mol. The zero-order valence-corrected chi connectivity index (χ0v) is 12.9. The first-order chi connectivity index (χ1) is 11.4. The number of benzene rings is 1. The average molecular weight is 316 g/mol. The molecule has 0 saturated carbocycles. The van der Waals surface area contributed by atoms with Gasteiger partial charge >= 0.3 is 0 Å². The molecule has 0 amide bonds. The van der Waals surface area contributed by atoms with Crippen molar-refractivity contribution in [2.24, 2.45) is 10.3 Å². The number of nitrogens with zero attached hydrogens (tertiary/aromatic N) is 5. The van der Waals surface area contributed by atoms with Crippen molar-refractivity contribution < 1.29 is 9.47 Å². The van der Waals surface area contributed by atoms with Crippen LogP contribution in [0, 0.1) is 0 Å².